The van der Waals surface area contributed by atoms with Crippen LogP contribution in [-0.2, 0) is 10.3 Å². The third-order valence-electron chi connectivity index (χ3n) is 5.10. The van der Waals surface area contributed by atoms with Gasteiger partial charge in [-0.2, -0.15) is 0 Å². The molecule has 0 N–H and O–H groups in total. The van der Waals surface area contributed by atoms with Crippen LogP contribution in [0.4, 0.5) is 0 Å². The van der Waals surface area contributed by atoms with Crippen molar-refractivity contribution in [1.29, 1.82) is 0 Å². The Hall–Kier alpha value is -2.13. The van der Waals surface area contributed by atoms with Gasteiger partial charge in [-0.05, 0) is 31.2 Å². The van der Waals surface area contributed by atoms with Gasteiger partial charge in [-0.3, -0.25) is 0 Å². The van der Waals surface area contributed by atoms with Gasteiger partial charge in [-0.1, -0.05) is 55.5 Å². The highest BCUT2D eigenvalue weighted by Gasteiger charge is 2.46. The highest BCUT2D eigenvalue weighted by molar-refractivity contribution is 5.89. The number of benzene rings is 2. The lowest BCUT2D eigenvalue weighted by molar-refractivity contribution is -0.0915. The average Bonchev–Trinajstić information content (AvgIpc) is 2.64. The van der Waals surface area contributed by atoms with Gasteiger partial charge in [-0.25, -0.2) is 4.79 Å². The van der Waals surface area contributed by atoms with E-state index in [-0.39, 0.29) is 11.9 Å². The maximum absolute atomic E-state index is 12.8. The fraction of sp³-hybridized carbons (Fsp3) is 0.381. The summed E-state index contributed by atoms with van der Waals surface area (Å²) in [6.45, 7) is 4.04. The van der Waals surface area contributed by atoms with Gasteiger partial charge < -0.3 is 9.64 Å². The van der Waals surface area contributed by atoms with Crippen molar-refractivity contribution in [3.63, 3.8) is 0 Å². The molecule has 0 unspecified atom stereocenters. The number of carbonyl (C=O) groups is 1. The fourth-order valence-corrected chi connectivity index (χ4v) is 3.73. The lowest BCUT2D eigenvalue weighted by atomic mass is 9.74. The topological polar surface area (TPSA) is 29.5 Å². The average molecular weight is 323 g/mol. The highest BCUT2D eigenvalue weighted by atomic mass is 16.6. The number of likely N-dealkylation sites (tertiary alicyclic amines) is 1. The van der Waals surface area contributed by atoms with Crippen LogP contribution in [0.15, 0.2) is 60.7 Å². The first-order chi connectivity index (χ1) is 11.7. The monoisotopic (exact) mass is 323 g/mol. The van der Waals surface area contributed by atoms with Crippen molar-refractivity contribution in [2.24, 2.45) is 5.92 Å². The van der Waals surface area contributed by atoms with Gasteiger partial charge in [0.2, 0.25) is 0 Å². The Bertz CT molecular complexity index is 671. The molecular formula is C21H25NO2. The SMILES string of the molecule is CC[C@@H]1CN(C)CC[C@]1(OC(=O)c1ccccc1)c1ccccc1. The number of ether oxygens (including phenoxy) is 1. The van der Waals surface area contributed by atoms with Gasteiger partial charge in [0.05, 0.1) is 5.56 Å². The van der Waals surface area contributed by atoms with Crippen molar-refractivity contribution in [3.05, 3.63) is 71.8 Å². The summed E-state index contributed by atoms with van der Waals surface area (Å²) in [5.74, 6) is 0.0498. The van der Waals surface area contributed by atoms with Crippen LogP contribution in [0.1, 0.15) is 35.7 Å². The first kappa shape index (κ1) is 16.7. The molecular weight excluding hydrogens is 298 g/mol. The van der Waals surface area contributed by atoms with Gasteiger partial charge in [-0.15, -0.1) is 0 Å². The van der Waals surface area contributed by atoms with E-state index in [1.165, 1.54) is 0 Å². The molecule has 0 radical (unpaired) electrons. The van der Waals surface area contributed by atoms with E-state index in [9.17, 15) is 4.79 Å². The Morgan fingerprint density at radius 3 is 2.38 bits per heavy atom. The summed E-state index contributed by atoms with van der Waals surface area (Å²) in [5, 5.41) is 0. The molecule has 1 fully saturated rings. The van der Waals surface area contributed by atoms with E-state index in [1.54, 1.807) is 0 Å². The van der Waals surface area contributed by atoms with E-state index < -0.39 is 5.60 Å². The lowest BCUT2D eigenvalue weighted by Gasteiger charge is -2.46. The van der Waals surface area contributed by atoms with Crippen molar-refractivity contribution < 1.29 is 9.53 Å². The Labute approximate surface area is 144 Å². The van der Waals surface area contributed by atoms with Gasteiger partial charge >= 0.3 is 5.97 Å². The number of hydrogen-bond donors (Lipinski definition) is 0. The second-order valence-corrected chi connectivity index (χ2v) is 6.63. The maximum Gasteiger partial charge on any atom is 0.339 e. The largest absolute Gasteiger partial charge is 0.450 e. The van der Waals surface area contributed by atoms with Crippen LogP contribution in [0.2, 0.25) is 0 Å². The van der Waals surface area contributed by atoms with Crippen molar-refractivity contribution in [2.45, 2.75) is 25.4 Å². The van der Waals surface area contributed by atoms with E-state index in [2.05, 4.69) is 31.0 Å². The summed E-state index contributed by atoms with van der Waals surface area (Å²) in [4.78, 5) is 15.1. The summed E-state index contributed by atoms with van der Waals surface area (Å²) in [7, 11) is 2.14. The van der Waals surface area contributed by atoms with Crippen molar-refractivity contribution in [1.82, 2.24) is 4.90 Å². The molecule has 2 aromatic carbocycles. The molecule has 1 aliphatic heterocycles. The van der Waals surface area contributed by atoms with Crippen LogP contribution in [0.3, 0.4) is 0 Å². The van der Waals surface area contributed by atoms with Crippen molar-refractivity contribution >= 4 is 5.97 Å². The predicted molar refractivity (Wildman–Crippen MR) is 95.9 cm³/mol. The number of hydrogen-bond acceptors (Lipinski definition) is 3. The van der Waals surface area contributed by atoms with Crippen LogP contribution in [-0.4, -0.2) is 31.0 Å². The summed E-state index contributed by atoms with van der Waals surface area (Å²) in [5.41, 5.74) is 1.17. The first-order valence-corrected chi connectivity index (χ1v) is 8.68. The molecule has 3 rings (SSSR count). The number of carbonyl (C=O) groups excluding carboxylic acids is 1. The molecule has 1 aliphatic rings. The smallest absolute Gasteiger partial charge is 0.339 e. The Morgan fingerprint density at radius 1 is 1.12 bits per heavy atom. The standard InChI is InChI=1S/C21H25NO2/c1-3-18-16-22(2)15-14-21(18,19-12-8-5-9-13-19)24-20(23)17-10-6-4-7-11-17/h4-13,18H,3,14-16H2,1-2H3/t18-,21-/m1/s1. The van der Waals surface area contributed by atoms with Crippen LogP contribution in [0, 0.1) is 5.92 Å². The zero-order valence-electron chi connectivity index (χ0n) is 14.4. The Morgan fingerprint density at radius 2 is 1.75 bits per heavy atom. The molecule has 2 atom stereocenters. The second-order valence-electron chi connectivity index (χ2n) is 6.63. The maximum atomic E-state index is 12.8. The number of esters is 1. The molecule has 2 aromatic rings. The number of rotatable bonds is 4. The molecule has 0 bridgehead atoms. The van der Waals surface area contributed by atoms with Crippen molar-refractivity contribution in [2.75, 3.05) is 20.1 Å². The van der Waals surface area contributed by atoms with Gasteiger partial charge in [0.15, 0.2) is 0 Å². The second kappa shape index (κ2) is 7.18. The minimum absolute atomic E-state index is 0.234. The van der Waals surface area contributed by atoms with E-state index in [0.29, 0.717) is 5.56 Å². The summed E-state index contributed by atoms with van der Waals surface area (Å²) < 4.78 is 6.24. The molecule has 1 saturated heterocycles. The molecule has 24 heavy (non-hydrogen) atoms. The third kappa shape index (κ3) is 3.22. The van der Waals surface area contributed by atoms with Gasteiger partial charge in [0.25, 0.3) is 0 Å². The summed E-state index contributed by atoms with van der Waals surface area (Å²) in [6.07, 6.45) is 1.80. The van der Waals surface area contributed by atoms with Crippen LogP contribution in [0.5, 0.6) is 0 Å². The molecule has 0 spiro atoms. The van der Waals surface area contributed by atoms with Crippen molar-refractivity contribution in [3.8, 4) is 0 Å². The number of piperidine rings is 1. The first-order valence-electron chi connectivity index (χ1n) is 8.68. The summed E-state index contributed by atoms with van der Waals surface area (Å²) in [6, 6.07) is 19.5. The van der Waals surface area contributed by atoms with E-state index in [4.69, 9.17) is 4.74 Å². The quantitative estimate of drug-likeness (QED) is 0.793. The van der Waals surface area contributed by atoms with Gasteiger partial charge in [0, 0.05) is 25.4 Å². The fourth-order valence-electron chi connectivity index (χ4n) is 3.73. The minimum atomic E-state index is -0.546. The molecule has 3 nitrogen and oxygen atoms in total. The third-order valence-corrected chi connectivity index (χ3v) is 5.10. The minimum Gasteiger partial charge on any atom is -0.450 e. The van der Waals surface area contributed by atoms with Crippen LogP contribution >= 0.6 is 0 Å². The van der Waals surface area contributed by atoms with Crippen LogP contribution in [0.25, 0.3) is 0 Å². The van der Waals surface area contributed by atoms with E-state index >= 15 is 0 Å². The van der Waals surface area contributed by atoms with E-state index in [1.807, 2.05) is 48.5 Å². The normalized spacial score (nSPS) is 24.5. The molecule has 0 saturated carbocycles. The molecule has 1 heterocycles. The van der Waals surface area contributed by atoms with Crippen LogP contribution < -0.4 is 0 Å². The lowest BCUT2D eigenvalue weighted by Crippen LogP contribution is -2.51. The molecule has 0 aromatic heterocycles. The van der Waals surface area contributed by atoms with Gasteiger partial charge in [0.1, 0.15) is 5.60 Å². The highest BCUT2D eigenvalue weighted by Crippen LogP contribution is 2.42. The Balaban J connectivity index is 1.98. The summed E-state index contributed by atoms with van der Waals surface area (Å²) >= 11 is 0. The zero-order valence-corrected chi connectivity index (χ0v) is 14.4. The molecule has 3 heteroatoms. The van der Waals surface area contributed by atoms with E-state index in [0.717, 1.165) is 31.5 Å². The zero-order chi connectivity index (χ0) is 17.0. The molecule has 126 valence electrons. The molecule has 0 aliphatic carbocycles. The predicted octanol–water partition coefficient (Wildman–Crippen LogP) is 4.10. The molecule has 0 amide bonds. The Kier molecular flexibility index (Phi) is 5.00. The number of nitrogens with zero attached hydrogens (tertiary/aromatic N) is 1.